The van der Waals surface area contributed by atoms with E-state index < -0.39 is 0 Å². The van der Waals surface area contributed by atoms with Crippen LogP contribution in [0, 0.1) is 0 Å². The minimum atomic E-state index is -0.123. The highest BCUT2D eigenvalue weighted by Crippen LogP contribution is 2.37. The highest BCUT2D eigenvalue weighted by atomic mass is 35.5. The number of nitrogens with one attached hydrogen (secondary N) is 1. The molecule has 0 saturated carbocycles. The normalized spacial score (nSPS) is 15.1. The van der Waals surface area contributed by atoms with Gasteiger partial charge in [-0.3, -0.25) is 0 Å². The summed E-state index contributed by atoms with van der Waals surface area (Å²) in [6.45, 7) is 0. The van der Waals surface area contributed by atoms with Crippen molar-refractivity contribution < 1.29 is 4.79 Å². The van der Waals surface area contributed by atoms with E-state index in [1.807, 2.05) is 18.2 Å². The van der Waals surface area contributed by atoms with Crippen molar-refractivity contribution in [3.8, 4) is 0 Å². The first-order chi connectivity index (χ1) is 14.0. The van der Waals surface area contributed by atoms with Crippen LogP contribution in [0.2, 0.25) is 5.02 Å². The van der Waals surface area contributed by atoms with Crippen molar-refractivity contribution in [3.63, 3.8) is 0 Å². The molecular weight excluding hydrogens is 380 g/mol. The minimum Gasteiger partial charge on any atom is -0.331 e. The number of fused-ring (bicyclic) bond motifs is 2. The third-order valence-corrected chi connectivity index (χ3v) is 5.83. The van der Waals surface area contributed by atoms with Crippen molar-refractivity contribution >= 4 is 23.3 Å². The molecule has 1 atom stereocenters. The molecule has 1 N–H and O–H groups in total. The third-order valence-electron chi connectivity index (χ3n) is 5.60. The standard InChI is InChI=1S/C25H25ClN2O/c1-28(2)25(29)27-21-8-5-6-17(14-21)15-24-22-9-4-3-7-18(22)10-11-19-16-20(26)12-13-23(19)24/h3-9,12-14,16,24H,10-11,15H2,1-2H3,(H,27,29)/t24-/m1/s1. The van der Waals surface area contributed by atoms with Crippen LogP contribution < -0.4 is 5.32 Å². The second kappa shape index (κ2) is 8.30. The molecule has 4 rings (SSSR count). The van der Waals surface area contributed by atoms with Gasteiger partial charge >= 0.3 is 6.03 Å². The molecule has 0 saturated heterocycles. The number of amides is 2. The molecule has 0 fully saturated rings. The summed E-state index contributed by atoms with van der Waals surface area (Å²) in [6, 6.07) is 23.1. The smallest absolute Gasteiger partial charge is 0.321 e. The Labute approximate surface area is 177 Å². The van der Waals surface area contributed by atoms with Crippen LogP contribution in [0.4, 0.5) is 10.5 Å². The Morgan fingerprint density at radius 2 is 1.72 bits per heavy atom. The van der Waals surface area contributed by atoms with E-state index in [4.69, 9.17) is 11.6 Å². The maximum absolute atomic E-state index is 12.0. The molecule has 29 heavy (non-hydrogen) atoms. The minimum absolute atomic E-state index is 0.123. The molecule has 0 radical (unpaired) electrons. The Morgan fingerprint density at radius 1 is 0.966 bits per heavy atom. The summed E-state index contributed by atoms with van der Waals surface area (Å²) in [4.78, 5) is 13.6. The number of rotatable bonds is 3. The average Bonchev–Trinajstić information content (AvgIpc) is 2.85. The van der Waals surface area contributed by atoms with Gasteiger partial charge in [0.2, 0.25) is 0 Å². The molecule has 0 bridgehead atoms. The van der Waals surface area contributed by atoms with Gasteiger partial charge in [-0.15, -0.1) is 0 Å². The largest absolute Gasteiger partial charge is 0.331 e. The van der Waals surface area contributed by atoms with E-state index in [2.05, 4.69) is 53.8 Å². The van der Waals surface area contributed by atoms with Gasteiger partial charge in [0.25, 0.3) is 0 Å². The maximum Gasteiger partial charge on any atom is 0.321 e. The molecule has 1 aliphatic rings. The Kier molecular flexibility index (Phi) is 5.59. The van der Waals surface area contributed by atoms with Gasteiger partial charge in [-0.05, 0) is 71.3 Å². The summed E-state index contributed by atoms with van der Waals surface area (Å²) < 4.78 is 0. The zero-order valence-electron chi connectivity index (χ0n) is 16.8. The van der Waals surface area contributed by atoms with Crippen LogP contribution in [-0.4, -0.2) is 25.0 Å². The Bertz CT molecular complexity index is 1040. The van der Waals surface area contributed by atoms with Crippen LogP contribution in [0.5, 0.6) is 0 Å². The Hall–Kier alpha value is -2.78. The number of anilines is 1. The van der Waals surface area contributed by atoms with E-state index in [1.54, 1.807) is 14.1 Å². The summed E-state index contributed by atoms with van der Waals surface area (Å²) in [7, 11) is 3.48. The summed E-state index contributed by atoms with van der Waals surface area (Å²) in [5.41, 5.74) is 7.49. The van der Waals surface area contributed by atoms with Crippen molar-refractivity contribution in [2.45, 2.75) is 25.2 Å². The van der Waals surface area contributed by atoms with Crippen LogP contribution in [0.25, 0.3) is 0 Å². The predicted octanol–water partition coefficient (Wildman–Crippen LogP) is 5.91. The van der Waals surface area contributed by atoms with Crippen molar-refractivity contribution in [1.82, 2.24) is 4.90 Å². The molecular formula is C25H25ClN2O. The van der Waals surface area contributed by atoms with Crippen molar-refractivity contribution in [2.24, 2.45) is 0 Å². The number of carbonyl (C=O) groups is 1. The van der Waals surface area contributed by atoms with Gasteiger partial charge in [0.05, 0.1) is 0 Å². The second-order valence-electron chi connectivity index (χ2n) is 7.82. The predicted molar refractivity (Wildman–Crippen MR) is 120 cm³/mol. The van der Waals surface area contributed by atoms with E-state index in [1.165, 1.54) is 32.7 Å². The van der Waals surface area contributed by atoms with E-state index in [0.717, 1.165) is 30.0 Å². The van der Waals surface area contributed by atoms with Gasteiger partial charge in [0.15, 0.2) is 0 Å². The van der Waals surface area contributed by atoms with Crippen molar-refractivity contribution in [1.29, 1.82) is 0 Å². The molecule has 0 heterocycles. The van der Waals surface area contributed by atoms with Crippen molar-refractivity contribution in [2.75, 3.05) is 19.4 Å². The first kappa shape index (κ1) is 19.5. The quantitative estimate of drug-likeness (QED) is 0.578. The van der Waals surface area contributed by atoms with Crippen LogP contribution in [0.3, 0.4) is 0 Å². The number of aryl methyl sites for hydroxylation is 2. The van der Waals surface area contributed by atoms with E-state index in [0.29, 0.717) is 0 Å². The fourth-order valence-corrected chi connectivity index (χ4v) is 4.33. The van der Waals surface area contributed by atoms with Gasteiger partial charge in [-0.25, -0.2) is 4.79 Å². The number of halogens is 1. The molecule has 148 valence electrons. The van der Waals surface area contributed by atoms with E-state index in [9.17, 15) is 4.79 Å². The first-order valence-corrected chi connectivity index (χ1v) is 10.3. The van der Waals surface area contributed by atoms with E-state index >= 15 is 0 Å². The molecule has 0 aliphatic heterocycles. The van der Waals surface area contributed by atoms with Crippen LogP contribution in [0.15, 0.2) is 66.7 Å². The topological polar surface area (TPSA) is 32.3 Å². The Morgan fingerprint density at radius 3 is 2.55 bits per heavy atom. The van der Waals surface area contributed by atoms with Gasteiger partial charge in [-0.2, -0.15) is 0 Å². The summed E-state index contributed by atoms with van der Waals surface area (Å²) >= 11 is 6.30. The molecule has 3 aromatic carbocycles. The monoisotopic (exact) mass is 404 g/mol. The molecule has 0 aromatic heterocycles. The summed E-state index contributed by atoms with van der Waals surface area (Å²) in [6.07, 6.45) is 2.90. The average molecular weight is 405 g/mol. The molecule has 2 amide bonds. The first-order valence-electron chi connectivity index (χ1n) is 9.94. The molecule has 0 spiro atoms. The summed E-state index contributed by atoms with van der Waals surface area (Å²) in [5.74, 6) is 0.265. The molecule has 0 unspecified atom stereocenters. The fraction of sp³-hybridized carbons (Fsp3) is 0.240. The highest BCUT2D eigenvalue weighted by Gasteiger charge is 2.24. The zero-order valence-corrected chi connectivity index (χ0v) is 17.5. The summed E-state index contributed by atoms with van der Waals surface area (Å²) in [5, 5.41) is 3.74. The van der Waals surface area contributed by atoms with Crippen molar-refractivity contribution in [3.05, 3.63) is 99.6 Å². The lowest BCUT2D eigenvalue weighted by molar-refractivity contribution is 0.230. The van der Waals surface area contributed by atoms with Crippen LogP contribution >= 0.6 is 11.6 Å². The maximum atomic E-state index is 12.0. The van der Waals surface area contributed by atoms with Gasteiger partial charge < -0.3 is 10.2 Å². The molecule has 4 heteroatoms. The lowest BCUT2D eigenvalue weighted by Gasteiger charge is -2.21. The van der Waals surface area contributed by atoms with Gasteiger partial charge in [-0.1, -0.05) is 54.1 Å². The molecule has 1 aliphatic carbocycles. The van der Waals surface area contributed by atoms with E-state index in [-0.39, 0.29) is 11.9 Å². The van der Waals surface area contributed by atoms with Gasteiger partial charge in [0, 0.05) is 30.7 Å². The number of hydrogen-bond acceptors (Lipinski definition) is 1. The van der Waals surface area contributed by atoms with Crippen LogP contribution in [-0.2, 0) is 19.3 Å². The lowest BCUT2D eigenvalue weighted by Crippen LogP contribution is -2.27. The Balaban J connectivity index is 1.71. The zero-order chi connectivity index (χ0) is 20.4. The number of urea groups is 1. The van der Waals surface area contributed by atoms with Gasteiger partial charge in [0.1, 0.15) is 0 Å². The fourth-order valence-electron chi connectivity index (χ4n) is 4.14. The van der Waals surface area contributed by atoms with Crippen LogP contribution in [0.1, 0.15) is 33.7 Å². The number of hydrogen-bond donors (Lipinski definition) is 1. The lowest BCUT2D eigenvalue weighted by atomic mass is 9.83. The highest BCUT2D eigenvalue weighted by molar-refractivity contribution is 6.30. The third kappa shape index (κ3) is 4.30. The SMILES string of the molecule is CN(C)C(=O)Nc1cccc(C[C@@H]2c3ccccc3CCc3cc(Cl)ccc32)c1. The number of carbonyl (C=O) groups excluding carboxylic acids is 1. The second-order valence-corrected chi connectivity index (χ2v) is 8.26. The molecule has 3 nitrogen and oxygen atoms in total. The number of benzene rings is 3. The number of nitrogens with zero attached hydrogens (tertiary/aromatic N) is 1. The molecule has 3 aromatic rings.